The Morgan fingerprint density at radius 3 is 2.79 bits per heavy atom. The summed E-state index contributed by atoms with van der Waals surface area (Å²) < 4.78 is 19.9. The molecule has 0 atom stereocenters. The van der Waals surface area contributed by atoms with Gasteiger partial charge in [-0.1, -0.05) is 0 Å². The van der Waals surface area contributed by atoms with Gasteiger partial charge >= 0.3 is 0 Å². The third-order valence-electron chi connectivity index (χ3n) is 2.88. The first-order chi connectivity index (χ1) is 9.08. The van der Waals surface area contributed by atoms with Gasteiger partial charge in [-0.25, -0.2) is 9.37 Å². The zero-order valence-corrected chi connectivity index (χ0v) is 12.8. The topological polar surface area (TPSA) is 34.1 Å². The molecule has 1 heterocycles. The first-order valence-corrected chi connectivity index (χ1v) is 6.88. The Bertz CT molecular complexity index is 616. The molecule has 0 aliphatic rings. The van der Waals surface area contributed by atoms with Crippen LogP contribution in [-0.2, 0) is 11.3 Å². The van der Waals surface area contributed by atoms with Crippen LogP contribution in [-0.4, -0.2) is 18.6 Å². The van der Waals surface area contributed by atoms with E-state index in [1.54, 1.807) is 13.2 Å². The zero-order chi connectivity index (χ0) is 14.0. The number of fused-ring (bicyclic) bond motifs is 1. The van der Waals surface area contributed by atoms with E-state index in [9.17, 15) is 4.39 Å². The second kappa shape index (κ2) is 5.84. The second-order valence-corrected chi connectivity index (χ2v) is 5.19. The summed E-state index contributed by atoms with van der Waals surface area (Å²) in [5, 5.41) is 3.71. The number of aromatic nitrogens is 1. The van der Waals surface area contributed by atoms with E-state index < -0.39 is 0 Å². The number of halogens is 2. The molecule has 1 aromatic heterocycles. The highest BCUT2D eigenvalue weighted by Gasteiger charge is 2.15. The molecular formula is C14H16BrFN2O. The summed E-state index contributed by atoms with van der Waals surface area (Å²) in [6.45, 7) is 5.03. The molecule has 0 saturated heterocycles. The summed E-state index contributed by atoms with van der Waals surface area (Å²) in [6, 6.07) is 3.58. The molecule has 19 heavy (non-hydrogen) atoms. The molecule has 3 nitrogen and oxygen atoms in total. The molecule has 1 N–H and O–H groups in total. The average Bonchev–Trinajstić information content (AvgIpc) is 2.36. The molecule has 0 aliphatic heterocycles. The van der Waals surface area contributed by atoms with Crippen LogP contribution in [0, 0.1) is 12.7 Å². The number of pyridine rings is 1. The van der Waals surface area contributed by atoms with E-state index in [2.05, 4.69) is 26.2 Å². The highest BCUT2D eigenvalue weighted by atomic mass is 79.9. The molecule has 0 amide bonds. The van der Waals surface area contributed by atoms with Crippen molar-refractivity contribution in [3.8, 4) is 0 Å². The Morgan fingerprint density at radius 2 is 2.16 bits per heavy atom. The summed E-state index contributed by atoms with van der Waals surface area (Å²) in [7, 11) is 1.62. The number of benzene rings is 1. The molecule has 5 heteroatoms. The van der Waals surface area contributed by atoms with Crippen molar-refractivity contribution in [2.45, 2.75) is 20.5 Å². The van der Waals surface area contributed by atoms with E-state index in [4.69, 9.17) is 4.74 Å². The van der Waals surface area contributed by atoms with Gasteiger partial charge in [-0.3, -0.25) is 0 Å². The molecule has 0 bridgehead atoms. The van der Waals surface area contributed by atoms with Gasteiger partial charge < -0.3 is 10.1 Å². The molecular weight excluding hydrogens is 311 g/mol. The maximum Gasteiger partial charge on any atom is 0.148 e. The third-order valence-corrected chi connectivity index (χ3v) is 3.45. The van der Waals surface area contributed by atoms with Gasteiger partial charge in [-0.2, -0.15) is 0 Å². The smallest absolute Gasteiger partial charge is 0.148 e. The predicted molar refractivity (Wildman–Crippen MR) is 79.0 cm³/mol. The number of aryl methyl sites for hydroxylation is 1. The summed E-state index contributed by atoms with van der Waals surface area (Å²) in [5.74, 6) is -0.284. The zero-order valence-electron chi connectivity index (χ0n) is 11.2. The van der Waals surface area contributed by atoms with Crippen molar-refractivity contribution in [2.24, 2.45) is 0 Å². The lowest BCUT2D eigenvalue weighted by Crippen LogP contribution is -2.04. The SMILES string of the molecule is CCNc1cc(COC)nc2c(C)cc(Br)c(F)c12. The van der Waals surface area contributed by atoms with Crippen LogP contribution in [0.3, 0.4) is 0 Å². The predicted octanol–water partition coefficient (Wildman–Crippen LogP) is 4.02. The van der Waals surface area contributed by atoms with Crippen LogP contribution in [0.15, 0.2) is 16.6 Å². The van der Waals surface area contributed by atoms with Crippen LogP contribution in [0.4, 0.5) is 10.1 Å². The maximum absolute atomic E-state index is 14.3. The van der Waals surface area contributed by atoms with Crippen LogP contribution in [0.5, 0.6) is 0 Å². The number of ether oxygens (including phenoxy) is 1. The van der Waals surface area contributed by atoms with Crippen LogP contribution >= 0.6 is 15.9 Å². The number of hydrogen-bond acceptors (Lipinski definition) is 3. The number of nitrogens with one attached hydrogen (secondary N) is 1. The number of hydrogen-bond donors (Lipinski definition) is 1. The number of nitrogens with zero attached hydrogens (tertiary/aromatic N) is 1. The molecule has 0 unspecified atom stereocenters. The van der Waals surface area contributed by atoms with E-state index in [1.807, 2.05) is 19.9 Å². The minimum Gasteiger partial charge on any atom is -0.385 e. The van der Waals surface area contributed by atoms with E-state index in [-0.39, 0.29) is 5.82 Å². The quantitative estimate of drug-likeness (QED) is 0.921. The fraction of sp³-hybridized carbons (Fsp3) is 0.357. The maximum atomic E-state index is 14.3. The van der Waals surface area contributed by atoms with Crippen molar-refractivity contribution in [1.29, 1.82) is 0 Å². The normalized spacial score (nSPS) is 11.0. The van der Waals surface area contributed by atoms with Crippen LogP contribution in [0.1, 0.15) is 18.2 Å². The summed E-state index contributed by atoms with van der Waals surface area (Å²) in [6.07, 6.45) is 0. The van der Waals surface area contributed by atoms with E-state index in [1.165, 1.54) is 0 Å². The number of methoxy groups -OCH3 is 1. The summed E-state index contributed by atoms with van der Waals surface area (Å²) in [4.78, 5) is 4.48. The van der Waals surface area contributed by atoms with Gasteiger partial charge in [0.15, 0.2) is 0 Å². The van der Waals surface area contributed by atoms with Crippen molar-refractivity contribution < 1.29 is 9.13 Å². The summed E-state index contributed by atoms with van der Waals surface area (Å²) >= 11 is 3.25. The van der Waals surface area contributed by atoms with E-state index in [0.717, 1.165) is 23.5 Å². The van der Waals surface area contributed by atoms with E-state index >= 15 is 0 Å². The van der Waals surface area contributed by atoms with Crippen LogP contribution < -0.4 is 5.32 Å². The molecule has 102 valence electrons. The Labute approximate surface area is 120 Å². The fourth-order valence-corrected chi connectivity index (χ4v) is 2.64. The average molecular weight is 327 g/mol. The third kappa shape index (κ3) is 2.72. The lowest BCUT2D eigenvalue weighted by Gasteiger charge is -2.13. The van der Waals surface area contributed by atoms with Gasteiger partial charge in [-0.15, -0.1) is 0 Å². The second-order valence-electron chi connectivity index (χ2n) is 4.34. The van der Waals surface area contributed by atoms with Gasteiger partial charge in [0, 0.05) is 19.3 Å². The molecule has 0 fully saturated rings. The Kier molecular flexibility index (Phi) is 4.37. The molecule has 0 aliphatic carbocycles. The lowest BCUT2D eigenvalue weighted by atomic mass is 10.1. The van der Waals surface area contributed by atoms with E-state index in [0.29, 0.717) is 22.0 Å². The van der Waals surface area contributed by atoms with Crippen molar-refractivity contribution in [1.82, 2.24) is 4.98 Å². The van der Waals surface area contributed by atoms with Gasteiger partial charge in [-0.05, 0) is 47.5 Å². The summed E-state index contributed by atoms with van der Waals surface area (Å²) in [5.41, 5.74) is 3.14. The number of rotatable bonds is 4. The monoisotopic (exact) mass is 326 g/mol. The number of anilines is 1. The largest absolute Gasteiger partial charge is 0.385 e. The highest BCUT2D eigenvalue weighted by molar-refractivity contribution is 9.10. The Morgan fingerprint density at radius 1 is 1.42 bits per heavy atom. The highest BCUT2D eigenvalue weighted by Crippen LogP contribution is 2.33. The Hall–Kier alpha value is -1.20. The van der Waals surface area contributed by atoms with Crippen molar-refractivity contribution >= 4 is 32.5 Å². The fourth-order valence-electron chi connectivity index (χ4n) is 2.10. The molecule has 0 radical (unpaired) electrons. The van der Waals surface area contributed by atoms with Crippen molar-refractivity contribution in [2.75, 3.05) is 19.0 Å². The first-order valence-electron chi connectivity index (χ1n) is 6.09. The van der Waals surface area contributed by atoms with Gasteiger partial charge in [0.1, 0.15) is 5.82 Å². The van der Waals surface area contributed by atoms with Crippen molar-refractivity contribution in [3.63, 3.8) is 0 Å². The van der Waals surface area contributed by atoms with Gasteiger partial charge in [0.05, 0.1) is 27.7 Å². The van der Waals surface area contributed by atoms with Crippen LogP contribution in [0.25, 0.3) is 10.9 Å². The molecule has 2 rings (SSSR count). The molecule has 0 spiro atoms. The van der Waals surface area contributed by atoms with Crippen molar-refractivity contribution in [3.05, 3.63) is 33.7 Å². The minimum atomic E-state index is -0.284. The van der Waals surface area contributed by atoms with Gasteiger partial charge in [0.2, 0.25) is 0 Å². The van der Waals surface area contributed by atoms with Crippen LogP contribution in [0.2, 0.25) is 0 Å². The Balaban J connectivity index is 2.78. The lowest BCUT2D eigenvalue weighted by molar-refractivity contribution is 0.182. The standard InChI is InChI=1S/C14H16BrFN2O/c1-4-17-11-6-9(7-19-3)18-14-8(2)5-10(15)13(16)12(11)14/h5-6H,4,7H2,1-3H3,(H,17,18). The van der Waals surface area contributed by atoms with Gasteiger partial charge in [0.25, 0.3) is 0 Å². The molecule has 0 saturated carbocycles. The molecule has 2 aromatic rings. The minimum absolute atomic E-state index is 0.284. The molecule has 1 aromatic carbocycles. The first kappa shape index (κ1) is 14.2.